The molecule has 41 heavy (non-hydrogen) atoms. The Morgan fingerprint density at radius 3 is 2.63 bits per heavy atom. The Kier molecular flexibility index (Phi) is 7.30. The summed E-state index contributed by atoms with van der Waals surface area (Å²) in [5.74, 6) is 0.278. The normalized spacial score (nSPS) is 17.3. The highest BCUT2D eigenvalue weighted by atomic mass is 19.1. The molecule has 1 saturated heterocycles. The number of piperidine rings is 1. The molecule has 4 heterocycles. The summed E-state index contributed by atoms with van der Waals surface area (Å²) in [6, 6.07) is 12.2. The molecule has 3 aliphatic heterocycles. The number of aromatic nitrogens is 1. The lowest BCUT2D eigenvalue weighted by molar-refractivity contribution is 0.0984. The average molecular weight is 557 g/mol. The van der Waals surface area contributed by atoms with Gasteiger partial charge in [0.2, 0.25) is 0 Å². The van der Waals surface area contributed by atoms with Crippen LogP contribution in [0.15, 0.2) is 53.7 Å². The van der Waals surface area contributed by atoms with Crippen molar-refractivity contribution in [2.45, 2.75) is 31.7 Å². The molecule has 0 saturated carbocycles. The van der Waals surface area contributed by atoms with Gasteiger partial charge in [-0.25, -0.2) is 9.18 Å². The van der Waals surface area contributed by atoms with Gasteiger partial charge in [-0.05, 0) is 79.3 Å². The summed E-state index contributed by atoms with van der Waals surface area (Å²) in [4.78, 5) is 41.2. The number of nitrogens with one attached hydrogen (secondary N) is 1. The van der Waals surface area contributed by atoms with Gasteiger partial charge in [-0.3, -0.25) is 14.8 Å². The molecule has 0 unspecified atom stereocenters. The molecule has 1 fully saturated rings. The first-order chi connectivity index (χ1) is 19.9. The minimum atomic E-state index is -0.299. The summed E-state index contributed by atoms with van der Waals surface area (Å²) >= 11 is 0. The van der Waals surface area contributed by atoms with Crippen molar-refractivity contribution in [2.75, 3.05) is 55.5 Å². The van der Waals surface area contributed by atoms with Crippen molar-refractivity contribution >= 4 is 35.2 Å². The zero-order valence-corrected chi connectivity index (χ0v) is 23.3. The topological polar surface area (TPSA) is 90.4 Å². The van der Waals surface area contributed by atoms with E-state index in [1.807, 2.05) is 29.2 Å². The van der Waals surface area contributed by atoms with Crippen LogP contribution in [0.2, 0.25) is 0 Å². The number of ether oxygens (including phenoxy) is 1. The van der Waals surface area contributed by atoms with E-state index in [1.54, 1.807) is 37.5 Å². The number of aliphatic imine (C=N–C) groups is 1. The molecule has 1 aromatic heterocycles. The van der Waals surface area contributed by atoms with E-state index in [9.17, 15) is 14.0 Å². The molecule has 3 amide bonds. The maximum Gasteiger partial charge on any atom is 0.322 e. The maximum absolute atomic E-state index is 13.7. The molecule has 1 N–H and O–H groups in total. The van der Waals surface area contributed by atoms with E-state index in [0.717, 1.165) is 71.9 Å². The number of urea groups is 1. The minimum Gasteiger partial charge on any atom is -0.497 e. The first-order valence-electron chi connectivity index (χ1n) is 14.0. The number of hydrogen-bond acceptors (Lipinski definition) is 6. The van der Waals surface area contributed by atoms with Gasteiger partial charge in [0.1, 0.15) is 17.3 Å². The van der Waals surface area contributed by atoms with Crippen LogP contribution < -0.4 is 19.9 Å². The molecule has 3 aromatic rings. The van der Waals surface area contributed by atoms with E-state index in [0.29, 0.717) is 25.2 Å². The first-order valence-corrected chi connectivity index (χ1v) is 14.0. The van der Waals surface area contributed by atoms with Crippen molar-refractivity contribution in [1.29, 1.82) is 0 Å². The standard InChI is InChI=1S/C31H33FN6O3/c1-33-18-22-19-34-27(30(39)38-14-8-21-15-23(32)3-6-28(21)38)17-29(22)36-11-9-24(10-12-36)37-13-7-20-16-25(41-2)4-5-26(20)35-31(37)40/h3-6,15-19,24H,7-14H2,1-2H3,(H,35,40). The fraction of sp³-hybridized carbons (Fsp3) is 0.355. The van der Waals surface area contributed by atoms with Gasteiger partial charge in [-0.2, -0.15) is 0 Å². The number of carbonyl (C=O) groups excluding carboxylic acids is 2. The van der Waals surface area contributed by atoms with Crippen LogP contribution in [0.5, 0.6) is 5.75 Å². The predicted octanol–water partition coefficient (Wildman–Crippen LogP) is 4.54. The quantitative estimate of drug-likeness (QED) is 0.466. The van der Waals surface area contributed by atoms with Crippen LogP contribution in [-0.2, 0) is 12.8 Å². The van der Waals surface area contributed by atoms with Crippen molar-refractivity contribution in [2.24, 2.45) is 4.99 Å². The Morgan fingerprint density at radius 2 is 1.85 bits per heavy atom. The van der Waals surface area contributed by atoms with Crippen LogP contribution in [0.25, 0.3) is 0 Å². The lowest BCUT2D eigenvalue weighted by atomic mass is 10.0. The Balaban J connectivity index is 1.17. The van der Waals surface area contributed by atoms with Crippen molar-refractivity contribution in [3.05, 3.63) is 76.9 Å². The number of hydrogen-bond donors (Lipinski definition) is 1. The van der Waals surface area contributed by atoms with Gasteiger partial charge in [0, 0.05) is 74.3 Å². The Hall–Kier alpha value is -4.47. The van der Waals surface area contributed by atoms with Gasteiger partial charge in [0.05, 0.1) is 7.11 Å². The lowest BCUT2D eigenvalue weighted by Crippen LogP contribution is -2.49. The fourth-order valence-electron chi connectivity index (χ4n) is 6.13. The van der Waals surface area contributed by atoms with Gasteiger partial charge in [-0.15, -0.1) is 0 Å². The largest absolute Gasteiger partial charge is 0.497 e. The molecule has 9 nitrogen and oxygen atoms in total. The monoisotopic (exact) mass is 556 g/mol. The number of amides is 3. The zero-order chi connectivity index (χ0) is 28.5. The Labute approximate surface area is 238 Å². The van der Waals surface area contributed by atoms with Crippen LogP contribution in [-0.4, -0.2) is 74.4 Å². The number of rotatable bonds is 5. The third-order valence-corrected chi connectivity index (χ3v) is 8.26. The van der Waals surface area contributed by atoms with Gasteiger partial charge in [0.15, 0.2) is 0 Å². The van der Waals surface area contributed by atoms with Crippen LogP contribution in [0, 0.1) is 5.82 Å². The molecule has 212 valence electrons. The second-order valence-corrected chi connectivity index (χ2v) is 10.6. The number of nitrogens with zero attached hydrogens (tertiary/aromatic N) is 5. The zero-order valence-electron chi connectivity index (χ0n) is 23.3. The molecule has 2 aromatic carbocycles. The van der Waals surface area contributed by atoms with Crippen molar-refractivity contribution in [3.8, 4) is 5.75 Å². The summed E-state index contributed by atoms with van der Waals surface area (Å²) in [6.07, 6.45) is 6.41. The highest BCUT2D eigenvalue weighted by molar-refractivity contribution is 6.07. The third-order valence-electron chi connectivity index (χ3n) is 8.26. The highest BCUT2D eigenvalue weighted by Gasteiger charge is 2.32. The molecule has 6 rings (SSSR count). The van der Waals surface area contributed by atoms with E-state index in [2.05, 4.69) is 20.2 Å². The SMILES string of the molecule is CN=Cc1cnc(C(=O)N2CCc3cc(F)ccc32)cc1N1CCC(N2CCc3cc(OC)ccc3NC2=O)CC1. The molecule has 0 aliphatic carbocycles. The smallest absolute Gasteiger partial charge is 0.322 e. The van der Waals surface area contributed by atoms with Gasteiger partial charge in [0.25, 0.3) is 5.91 Å². The summed E-state index contributed by atoms with van der Waals surface area (Å²) in [5, 5.41) is 3.08. The minimum absolute atomic E-state index is 0.0752. The van der Waals surface area contributed by atoms with Crippen molar-refractivity contribution in [3.63, 3.8) is 0 Å². The van der Waals surface area contributed by atoms with Crippen LogP contribution in [0.3, 0.4) is 0 Å². The second kappa shape index (κ2) is 11.2. The summed E-state index contributed by atoms with van der Waals surface area (Å²) in [6.45, 7) is 2.58. The van der Waals surface area contributed by atoms with Gasteiger partial charge < -0.3 is 24.8 Å². The van der Waals surface area contributed by atoms with Gasteiger partial charge in [-0.1, -0.05) is 0 Å². The molecule has 10 heteroatoms. The summed E-state index contributed by atoms with van der Waals surface area (Å²) < 4.78 is 19.1. The molecular formula is C31H33FN6O3. The number of methoxy groups -OCH3 is 1. The second-order valence-electron chi connectivity index (χ2n) is 10.6. The Bertz CT molecular complexity index is 1520. The fourth-order valence-corrected chi connectivity index (χ4v) is 6.13. The first kappa shape index (κ1) is 26.7. The summed E-state index contributed by atoms with van der Waals surface area (Å²) in [5.41, 5.74) is 5.53. The van der Waals surface area contributed by atoms with E-state index < -0.39 is 0 Å². The number of anilines is 3. The van der Waals surface area contributed by atoms with E-state index in [-0.39, 0.29) is 23.8 Å². The van der Waals surface area contributed by atoms with Crippen molar-refractivity contribution in [1.82, 2.24) is 9.88 Å². The number of halogens is 1. The van der Waals surface area contributed by atoms with E-state index in [1.165, 1.54) is 12.1 Å². The van der Waals surface area contributed by atoms with E-state index in [4.69, 9.17) is 4.74 Å². The number of pyridine rings is 1. The number of fused-ring (bicyclic) bond motifs is 2. The molecule has 0 bridgehead atoms. The van der Waals surface area contributed by atoms with Crippen LogP contribution >= 0.6 is 0 Å². The highest BCUT2D eigenvalue weighted by Crippen LogP contribution is 2.32. The third kappa shape index (κ3) is 5.21. The van der Waals surface area contributed by atoms with Crippen LogP contribution in [0.1, 0.15) is 40.0 Å². The maximum atomic E-state index is 13.7. The predicted molar refractivity (Wildman–Crippen MR) is 157 cm³/mol. The average Bonchev–Trinajstić information content (AvgIpc) is 3.33. The number of carbonyl (C=O) groups is 2. The lowest BCUT2D eigenvalue weighted by Gasteiger charge is -2.39. The van der Waals surface area contributed by atoms with E-state index >= 15 is 0 Å². The Morgan fingerprint density at radius 1 is 1.05 bits per heavy atom. The van der Waals surface area contributed by atoms with Crippen LogP contribution in [0.4, 0.5) is 26.2 Å². The van der Waals surface area contributed by atoms with Gasteiger partial charge >= 0.3 is 6.03 Å². The molecule has 0 radical (unpaired) electrons. The molecule has 0 spiro atoms. The number of benzene rings is 2. The molecule has 3 aliphatic rings. The molecular weight excluding hydrogens is 523 g/mol. The molecule has 0 atom stereocenters. The van der Waals surface area contributed by atoms with Crippen molar-refractivity contribution < 1.29 is 18.7 Å². The summed E-state index contributed by atoms with van der Waals surface area (Å²) in [7, 11) is 3.35.